The number of rotatable bonds is 2. The molecule has 2 atom stereocenters. The van der Waals surface area contributed by atoms with Crippen molar-refractivity contribution in [3.63, 3.8) is 0 Å². The molecule has 2 aromatic carbocycles. The number of benzene rings is 2. The first-order valence-electron chi connectivity index (χ1n) is 8.77. The van der Waals surface area contributed by atoms with Crippen LogP contribution in [0.5, 0.6) is 5.75 Å². The Morgan fingerprint density at radius 3 is 2.67 bits per heavy atom. The lowest BCUT2D eigenvalue weighted by atomic mass is 9.86. The molecule has 1 fully saturated rings. The predicted molar refractivity (Wildman–Crippen MR) is 94.6 cm³/mol. The normalized spacial score (nSPS) is 22.6. The molecule has 142 valence electrons. The first-order chi connectivity index (χ1) is 12.8. The summed E-state index contributed by atoms with van der Waals surface area (Å²) in [5, 5.41) is 2.97. The second-order valence-electron chi connectivity index (χ2n) is 7.18. The average Bonchev–Trinajstić information content (AvgIpc) is 2.93. The molecular weight excluding hydrogens is 357 g/mol. The van der Waals surface area contributed by atoms with E-state index in [2.05, 4.69) is 22.0 Å². The van der Waals surface area contributed by atoms with Crippen LogP contribution in [0.25, 0.3) is 11.1 Å². The molecule has 4 rings (SSSR count). The molecule has 4 nitrogen and oxygen atoms in total. The SMILES string of the molecule is CN1C[C@H]2CNC(=O)c3cc(-c4cccc(OC(F)(F)F)c4)ccc3[C@@H]2C1. The molecule has 27 heavy (non-hydrogen) atoms. The van der Waals surface area contributed by atoms with Gasteiger partial charge in [0, 0.05) is 31.1 Å². The minimum Gasteiger partial charge on any atom is -0.406 e. The first-order valence-corrected chi connectivity index (χ1v) is 8.77. The van der Waals surface area contributed by atoms with Crippen molar-refractivity contribution >= 4 is 5.91 Å². The fourth-order valence-corrected chi connectivity index (χ4v) is 4.09. The number of hydrogen-bond acceptors (Lipinski definition) is 3. The molecule has 0 aliphatic carbocycles. The van der Waals surface area contributed by atoms with Gasteiger partial charge in [0.2, 0.25) is 0 Å². The van der Waals surface area contributed by atoms with E-state index in [0.717, 1.165) is 18.7 Å². The highest BCUT2D eigenvalue weighted by Crippen LogP contribution is 2.37. The van der Waals surface area contributed by atoms with Crippen LogP contribution in [0.3, 0.4) is 0 Å². The van der Waals surface area contributed by atoms with Gasteiger partial charge in [0.25, 0.3) is 5.91 Å². The van der Waals surface area contributed by atoms with Gasteiger partial charge in [-0.05, 0) is 47.9 Å². The Kier molecular flexibility index (Phi) is 4.34. The Hall–Kier alpha value is -2.54. The lowest BCUT2D eigenvalue weighted by Crippen LogP contribution is -2.29. The Labute approximate surface area is 154 Å². The van der Waals surface area contributed by atoms with E-state index in [9.17, 15) is 18.0 Å². The summed E-state index contributed by atoms with van der Waals surface area (Å²) in [6.07, 6.45) is -4.74. The number of likely N-dealkylation sites (tertiary alicyclic amines) is 1. The Balaban J connectivity index is 1.71. The molecule has 1 amide bonds. The number of carbonyl (C=O) groups is 1. The van der Waals surface area contributed by atoms with Gasteiger partial charge >= 0.3 is 6.36 Å². The highest BCUT2D eigenvalue weighted by Gasteiger charge is 2.37. The summed E-state index contributed by atoms with van der Waals surface area (Å²) in [6.45, 7) is 2.45. The molecule has 7 heteroatoms. The van der Waals surface area contributed by atoms with Crippen molar-refractivity contribution in [3.05, 3.63) is 53.6 Å². The number of nitrogens with one attached hydrogen (secondary N) is 1. The summed E-state index contributed by atoms with van der Waals surface area (Å²) in [5.74, 6) is 0.232. The molecule has 2 heterocycles. The summed E-state index contributed by atoms with van der Waals surface area (Å²) in [5.41, 5.74) is 2.85. The maximum Gasteiger partial charge on any atom is 0.573 e. The molecular formula is C20H19F3N2O2. The maximum absolute atomic E-state index is 12.6. The van der Waals surface area contributed by atoms with Gasteiger partial charge in [0.1, 0.15) is 5.75 Å². The number of halogens is 3. The fourth-order valence-electron chi connectivity index (χ4n) is 4.09. The van der Waals surface area contributed by atoms with Crippen molar-refractivity contribution in [2.75, 3.05) is 26.7 Å². The Bertz CT molecular complexity index is 882. The average molecular weight is 376 g/mol. The quantitative estimate of drug-likeness (QED) is 0.870. The molecule has 2 aliphatic heterocycles. The van der Waals surface area contributed by atoms with E-state index in [1.165, 1.54) is 18.2 Å². The van der Waals surface area contributed by atoms with Gasteiger partial charge < -0.3 is 15.0 Å². The van der Waals surface area contributed by atoms with Crippen molar-refractivity contribution in [2.45, 2.75) is 12.3 Å². The summed E-state index contributed by atoms with van der Waals surface area (Å²) in [6, 6.07) is 11.3. The number of likely N-dealkylation sites (N-methyl/N-ethyl adjacent to an activating group) is 1. The third-order valence-corrected chi connectivity index (χ3v) is 5.25. The third-order valence-electron chi connectivity index (χ3n) is 5.25. The highest BCUT2D eigenvalue weighted by molar-refractivity contribution is 5.97. The van der Waals surface area contributed by atoms with Gasteiger partial charge in [-0.25, -0.2) is 0 Å². The predicted octanol–water partition coefficient (Wildman–Crippen LogP) is 3.64. The van der Waals surface area contributed by atoms with Crippen LogP contribution < -0.4 is 10.1 Å². The van der Waals surface area contributed by atoms with E-state index in [1.54, 1.807) is 12.1 Å². The van der Waals surface area contributed by atoms with Crippen molar-refractivity contribution in [3.8, 4) is 16.9 Å². The summed E-state index contributed by atoms with van der Waals surface area (Å²) >= 11 is 0. The maximum atomic E-state index is 12.6. The van der Waals surface area contributed by atoms with E-state index in [1.807, 2.05) is 12.1 Å². The van der Waals surface area contributed by atoms with Gasteiger partial charge in [-0.3, -0.25) is 4.79 Å². The third kappa shape index (κ3) is 3.64. The van der Waals surface area contributed by atoms with Gasteiger partial charge in [-0.15, -0.1) is 13.2 Å². The summed E-state index contributed by atoms with van der Waals surface area (Å²) in [4.78, 5) is 14.8. The number of hydrogen-bond donors (Lipinski definition) is 1. The minimum absolute atomic E-state index is 0.133. The van der Waals surface area contributed by atoms with Gasteiger partial charge in [0.05, 0.1) is 0 Å². The van der Waals surface area contributed by atoms with Gasteiger partial charge in [-0.2, -0.15) is 0 Å². The molecule has 2 aromatic rings. The topological polar surface area (TPSA) is 41.6 Å². The molecule has 0 saturated carbocycles. The number of fused-ring (bicyclic) bond motifs is 3. The van der Waals surface area contributed by atoms with E-state index in [0.29, 0.717) is 29.2 Å². The van der Waals surface area contributed by atoms with Crippen molar-refractivity contribution in [1.29, 1.82) is 0 Å². The van der Waals surface area contributed by atoms with Crippen LogP contribution in [0.4, 0.5) is 13.2 Å². The second-order valence-corrected chi connectivity index (χ2v) is 7.18. The molecule has 0 radical (unpaired) electrons. The number of amides is 1. The number of nitrogens with zero attached hydrogens (tertiary/aromatic N) is 1. The molecule has 0 bridgehead atoms. The monoisotopic (exact) mass is 376 g/mol. The zero-order valence-electron chi connectivity index (χ0n) is 14.7. The lowest BCUT2D eigenvalue weighted by Gasteiger charge is -2.17. The first kappa shape index (κ1) is 17.9. The van der Waals surface area contributed by atoms with Crippen LogP contribution in [0.1, 0.15) is 21.8 Å². The van der Waals surface area contributed by atoms with Crippen LogP contribution >= 0.6 is 0 Å². The molecule has 2 aliphatic rings. The van der Waals surface area contributed by atoms with Crippen molar-refractivity contribution < 1.29 is 22.7 Å². The van der Waals surface area contributed by atoms with Crippen LogP contribution in [0, 0.1) is 5.92 Å². The fraction of sp³-hybridized carbons (Fsp3) is 0.350. The second kappa shape index (κ2) is 6.56. The van der Waals surface area contributed by atoms with E-state index >= 15 is 0 Å². The summed E-state index contributed by atoms with van der Waals surface area (Å²) < 4.78 is 41.4. The molecule has 0 unspecified atom stereocenters. The van der Waals surface area contributed by atoms with E-state index in [4.69, 9.17) is 0 Å². The van der Waals surface area contributed by atoms with Gasteiger partial charge in [0.15, 0.2) is 0 Å². The van der Waals surface area contributed by atoms with Crippen LogP contribution in [0.15, 0.2) is 42.5 Å². The van der Waals surface area contributed by atoms with E-state index in [-0.39, 0.29) is 17.6 Å². The Morgan fingerprint density at radius 1 is 1.11 bits per heavy atom. The van der Waals surface area contributed by atoms with E-state index < -0.39 is 6.36 Å². The zero-order chi connectivity index (χ0) is 19.2. The minimum atomic E-state index is -4.74. The number of carbonyl (C=O) groups excluding carboxylic acids is 1. The number of alkyl halides is 3. The largest absolute Gasteiger partial charge is 0.573 e. The van der Waals surface area contributed by atoms with Crippen molar-refractivity contribution in [1.82, 2.24) is 10.2 Å². The van der Waals surface area contributed by atoms with Crippen LogP contribution in [0.2, 0.25) is 0 Å². The van der Waals surface area contributed by atoms with Crippen LogP contribution in [-0.2, 0) is 0 Å². The Morgan fingerprint density at radius 2 is 1.89 bits per heavy atom. The molecule has 1 N–H and O–H groups in total. The molecule has 0 spiro atoms. The van der Waals surface area contributed by atoms with Crippen molar-refractivity contribution in [2.24, 2.45) is 5.92 Å². The lowest BCUT2D eigenvalue weighted by molar-refractivity contribution is -0.274. The standard InChI is InChI=1S/C20H19F3N2O2/c1-25-10-14-9-24-19(26)17-8-13(5-6-16(17)18(14)11-25)12-3-2-4-15(7-12)27-20(21,22)23/h2-8,14,18H,9-11H2,1H3,(H,24,26)/t14-,18-/m1/s1. The molecule has 1 saturated heterocycles. The zero-order valence-corrected chi connectivity index (χ0v) is 14.7. The van der Waals surface area contributed by atoms with Gasteiger partial charge in [-0.1, -0.05) is 24.3 Å². The highest BCUT2D eigenvalue weighted by atomic mass is 19.4. The number of ether oxygens (including phenoxy) is 1. The molecule has 0 aromatic heterocycles. The summed E-state index contributed by atoms with van der Waals surface area (Å²) in [7, 11) is 2.07. The smallest absolute Gasteiger partial charge is 0.406 e. The van der Waals surface area contributed by atoms with Crippen LogP contribution in [-0.4, -0.2) is 43.9 Å².